The van der Waals surface area contributed by atoms with Gasteiger partial charge in [-0.15, -0.1) is 0 Å². The smallest absolute Gasteiger partial charge is 0.123 e. The molecule has 0 atom stereocenters. The van der Waals surface area contributed by atoms with Crippen LogP contribution >= 0.6 is 0 Å². The first kappa shape index (κ1) is 15.9. The summed E-state index contributed by atoms with van der Waals surface area (Å²) in [5.74, 6) is -0.199. The van der Waals surface area contributed by atoms with Gasteiger partial charge in [0.1, 0.15) is 5.82 Å². The predicted molar refractivity (Wildman–Crippen MR) is 78.0 cm³/mol. The number of aliphatic hydroxyl groups excluding tert-OH is 1. The van der Waals surface area contributed by atoms with Crippen molar-refractivity contribution in [3.05, 3.63) is 29.6 Å². The van der Waals surface area contributed by atoms with Crippen LogP contribution in [-0.4, -0.2) is 31.3 Å². The van der Waals surface area contributed by atoms with Crippen molar-refractivity contribution < 1.29 is 9.50 Å². The summed E-state index contributed by atoms with van der Waals surface area (Å²) in [5.41, 5.74) is 2.04. The zero-order chi connectivity index (χ0) is 14.1. The molecule has 0 fully saturated rings. The van der Waals surface area contributed by atoms with Gasteiger partial charge in [0, 0.05) is 31.9 Å². The summed E-state index contributed by atoms with van der Waals surface area (Å²) in [6.07, 6.45) is 1.79. The number of anilines is 1. The highest BCUT2D eigenvalue weighted by atomic mass is 19.1. The van der Waals surface area contributed by atoms with Crippen LogP contribution in [0.1, 0.15) is 32.3 Å². The summed E-state index contributed by atoms with van der Waals surface area (Å²) in [5, 5.41) is 12.3. The Morgan fingerprint density at radius 2 is 2.11 bits per heavy atom. The molecule has 0 heterocycles. The molecular formula is C15H25FN2O. The lowest BCUT2D eigenvalue weighted by Crippen LogP contribution is -2.27. The third-order valence-electron chi connectivity index (χ3n) is 3.09. The van der Waals surface area contributed by atoms with Gasteiger partial charge in [0.15, 0.2) is 0 Å². The standard InChI is InChI=1S/C15H25FN2O/c1-3-8-17-12-13-11-14(16)6-7-15(13)18(4-2)9-5-10-19/h6-7,11,17,19H,3-5,8-10,12H2,1-2H3. The van der Waals surface area contributed by atoms with E-state index in [2.05, 4.69) is 24.1 Å². The molecule has 0 aliphatic heterocycles. The largest absolute Gasteiger partial charge is 0.396 e. The summed E-state index contributed by atoms with van der Waals surface area (Å²) in [6.45, 7) is 7.62. The molecule has 1 aromatic rings. The van der Waals surface area contributed by atoms with E-state index in [1.807, 2.05) is 6.07 Å². The number of rotatable bonds is 9. The molecule has 0 bridgehead atoms. The van der Waals surface area contributed by atoms with Crippen molar-refractivity contribution in [2.24, 2.45) is 0 Å². The van der Waals surface area contributed by atoms with Gasteiger partial charge < -0.3 is 15.3 Å². The van der Waals surface area contributed by atoms with Gasteiger partial charge in [0.05, 0.1) is 0 Å². The van der Waals surface area contributed by atoms with Crippen molar-refractivity contribution in [1.29, 1.82) is 0 Å². The van der Waals surface area contributed by atoms with Gasteiger partial charge in [0.25, 0.3) is 0 Å². The Labute approximate surface area is 115 Å². The van der Waals surface area contributed by atoms with Gasteiger partial charge >= 0.3 is 0 Å². The second-order valence-electron chi connectivity index (χ2n) is 4.61. The molecule has 0 aliphatic carbocycles. The predicted octanol–water partition coefficient (Wildman–Crippen LogP) is 2.53. The van der Waals surface area contributed by atoms with Gasteiger partial charge in [-0.2, -0.15) is 0 Å². The number of hydrogen-bond donors (Lipinski definition) is 2. The van der Waals surface area contributed by atoms with E-state index in [4.69, 9.17) is 5.11 Å². The second-order valence-corrected chi connectivity index (χ2v) is 4.61. The SMILES string of the molecule is CCCNCc1cc(F)ccc1N(CC)CCCO. The molecule has 0 amide bonds. The van der Waals surface area contributed by atoms with Gasteiger partial charge in [-0.3, -0.25) is 0 Å². The first-order chi connectivity index (χ1) is 9.22. The highest BCUT2D eigenvalue weighted by molar-refractivity contribution is 5.53. The van der Waals surface area contributed by atoms with Crippen LogP contribution in [0.2, 0.25) is 0 Å². The summed E-state index contributed by atoms with van der Waals surface area (Å²) in [6, 6.07) is 4.93. The molecule has 3 nitrogen and oxygen atoms in total. The molecule has 0 saturated carbocycles. The maximum absolute atomic E-state index is 13.4. The van der Waals surface area contributed by atoms with E-state index >= 15 is 0 Å². The van der Waals surface area contributed by atoms with Crippen LogP contribution in [0.5, 0.6) is 0 Å². The van der Waals surface area contributed by atoms with Crippen LogP contribution in [-0.2, 0) is 6.54 Å². The highest BCUT2D eigenvalue weighted by Crippen LogP contribution is 2.22. The van der Waals surface area contributed by atoms with E-state index in [9.17, 15) is 4.39 Å². The fourth-order valence-corrected chi connectivity index (χ4v) is 2.11. The molecular weight excluding hydrogens is 243 g/mol. The Morgan fingerprint density at radius 3 is 2.74 bits per heavy atom. The topological polar surface area (TPSA) is 35.5 Å². The Kier molecular flexibility index (Phi) is 7.45. The molecule has 0 aliphatic rings. The van der Waals surface area contributed by atoms with Gasteiger partial charge in [-0.05, 0) is 50.1 Å². The molecule has 0 spiro atoms. The first-order valence-electron chi connectivity index (χ1n) is 7.07. The number of nitrogens with one attached hydrogen (secondary N) is 1. The van der Waals surface area contributed by atoms with Gasteiger partial charge in [0.2, 0.25) is 0 Å². The van der Waals surface area contributed by atoms with E-state index in [1.165, 1.54) is 6.07 Å². The van der Waals surface area contributed by atoms with Crippen molar-refractivity contribution in [2.45, 2.75) is 33.2 Å². The Balaban J connectivity index is 2.83. The fraction of sp³-hybridized carbons (Fsp3) is 0.600. The van der Waals surface area contributed by atoms with E-state index < -0.39 is 0 Å². The van der Waals surface area contributed by atoms with Gasteiger partial charge in [-0.1, -0.05) is 6.92 Å². The molecule has 0 unspecified atom stereocenters. The molecule has 108 valence electrons. The van der Waals surface area contributed by atoms with E-state index in [1.54, 1.807) is 6.07 Å². The summed E-state index contributed by atoms with van der Waals surface area (Å²) in [7, 11) is 0. The maximum Gasteiger partial charge on any atom is 0.123 e. The Hall–Kier alpha value is -1.13. The van der Waals surface area contributed by atoms with E-state index in [-0.39, 0.29) is 12.4 Å². The molecule has 0 radical (unpaired) electrons. The minimum atomic E-state index is -0.199. The van der Waals surface area contributed by atoms with Crippen molar-refractivity contribution >= 4 is 5.69 Å². The highest BCUT2D eigenvalue weighted by Gasteiger charge is 2.10. The quantitative estimate of drug-likeness (QED) is 0.676. The zero-order valence-electron chi connectivity index (χ0n) is 12.0. The normalized spacial score (nSPS) is 10.7. The van der Waals surface area contributed by atoms with Crippen LogP contribution in [0, 0.1) is 5.82 Å². The van der Waals surface area contributed by atoms with E-state index in [0.717, 1.165) is 43.7 Å². The fourth-order valence-electron chi connectivity index (χ4n) is 2.11. The molecule has 19 heavy (non-hydrogen) atoms. The van der Waals surface area contributed by atoms with Crippen molar-refractivity contribution in [3.63, 3.8) is 0 Å². The lowest BCUT2D eigenvalue weighted by molar-refractivity contribution is 0.289. The Morgan fingerprint density at radius 1 is 1.32 bits per heavy atom. The van der Waals surface area contributed by atoms with Crippen molar-refractivity contribution in [1.82, 2.24) is 5.32 Å². The molecule has 4 heteroatoms. The molecule has 1 rings (SSSR count). The second kappa shape index (κ2) is 8.88. The molecule has 1 aromatic carbocycles. The summed E-state index contributed by atoms with van der Waals surface area (Å²) in [4.78, 5) is 2.18. The number of aliphatic hydroxyl groups is 1. The van der Waals surface area contributed by atoms with Crippen LogP contribution in [0.25, 0.3) is 0 Å². The lowest BCUT2D eigenvalue weighted by atomic mass is 10.1. The third kappa shape index (κ3) is 5.17. The molecule has 0 saturated heterocycles. The lowest BCUT2D eigenvalue weighted by Gasteiger charge is -2.25. The number of benzene rings is 1. The van der Waals surface area contributed by atoms with E-state index in [0.29, 0.717) is 6.54 Å². The monoisotopic (exact) mass is 268 g/mol. The van der Waals surface area contributed by atoms with Crippen LogP contribution < -0.4 is 10.2 Å². The first-order valence-corrected chi connectivity index (χ1v) is 7.07. The summed E-state index contributed by atoms with van der Waals surface area (Å²) >= 11 is 0. The molecule has 0 aromatic heterocycles. The number of nitrogens with zero attached hydrogens (tertiary/aromatic N) is 1. The Bertz CT molecular complexity index is 371. The molecule has 2 N–H and O–H groups in total. The average Bonchev–Trinajstić information content (AvgIpc) is 2.41. The van der Waals surface area contributed by atoms with Crippen molar-refractivity contribution in [2.75, 3.05) is 31.1 Å². The van der Waals surface area contributed by atoms with Crippen molar-refractivity contribution in [3.8, 4) is 0 Å². The zero-order valence-corrected chi connectivity index (χ0v) is 12.0. The number of hydrogen-bond acceptors (Lipinski definition) is 3. The third-order valence-corrected chi connectivity index (χ3v) is 3.09. The minimum Gasteiger partial charge on any atom is -0.396 e. The maximum atomic E-state index is 13.4. The van der Waals surface area contributed by atoms with Gasteiger partial charge in [-0.25, -0.2) is 4.39 Å². The van der Waals surface area contributed by atoms with Crippen LogP contribution in [0.4, 0.5) is 10.1 Å². The van der Waals surface area contributed by atoms with Crippen LogP contribution in [0.3, 0.4) is 0 Å². The number of halogens is 1. The summed E-state index contributed by atoms with van der Waals surface area (Å²) < 4.78 is 13.4. The minimum absolute atomic E-state index is 0.182. The average molecular weight is 268 g/mol. The van der Waals surface area contributed by atoms with Crippen LogP contribution in [0.15, 0.2) is 18.2 Å².